The summed E-state index contributed by atoms with van der Waals surface area (Å²) in [6, 6.07) is 1.88. The van der Waals surface area contributed by atoms with Crippen LogP contribution in [0, 0.1) is 0 Å². The minimum absolute atomic E-state index is 0.194. The Kier molecular flexibility index (Phi) is 4.48. The highest BCUT2D eigenvalue weighted by Gasteiger charge is 2.23. The van der Waals surface area contributed by atoms with Gasteiger partial charge in [-0.25, -0.2) is 0 Å². The molecule has 0 aromatic heterocycles. The van der Waals surface area contributed by atoms with E-state index in [9.17, 15) is 5.11 Å². The molecule has 1 heterocycles. The molecule has 3 N–H and O–H groups in total. The van der Waals surface area contributed by atoms with E-state index in [0.717, 1.165) is 39.9 Å². The van der Waals surface area contributed by atoms with Gasteiger partial charge in [-0.15, -0.1) is 0 Å². The van der Waals surface area contributed by atoms with Crippen LogP contribution in [0.3, 0.4) is 0 Å². The van der Waals surface area contributed by atoms with E-state index in [1.807, 2.05) is 13.0 Å². The van der Waals surface area contributed by atoms with Crippen molar-refractivity contribution >= 4 is 15.9 Å². The Morgan fingerprint density at radius 3 is 2.67 bits per heavy atom. The lowest BCUT2D eigenvalue weighted by Gasteiger charge is -2.20. The summed E-state index contributed by atoms with van der Waals surface area (Å²) < 4.78 is 12.3. The van der Waals surface area contributed by atoms with Crippen LogP contribution in [0.5, 0.6) is 11.5 Å². The number of nitrogens with two attached hydrogens (primary N) is 1. The number of hydrogen-bond acceptors (Lipinski definition) is 4. The molecule has 1 aromatic rings. The highest BCUT2D eigenvalue weighted by Crippen LogP contribution is 2.43. The van der Waals surface area contributed by atoms with Crippen LogP contribution in [0.25, 0.3) is 0 Å². The van der Waals surface area contributed by atoms with E-state index in [1.165, 1.54) is 0 Å². The molecule has 0 fully saturated rings. The molecule has 0 spiro atoms. The molecule has 2 rings (SSSR count). The third kappa shape index (κ3) is 2.48. The quantitative estimate of drug-likeness (QED) is 0.897. The largest absolute Gasteiger partial charge is 0.489 e. The lowest BCUT2D eigenvalue weighted by Crippen LogP contribution is -2.14. The highest BCUT2D eigenvalue weighted by atomic mass is 79.9. The number of rotatable bonds is 3. The second-order valence-corrected chi connectivity index (χ2v) is 5.09. The predicted octanol–water partition coefficient (Wildman–Crippen LogP) is 2.16. The van der Waals surface area contributed by atoms with Crippen LogP contribution in [0.1, 0.15) is 30.6 Å². The summed E-state index contributed by atoms with van der Waals surface area (Å²) in [6.45, 7) is 3.51. The lowest BCUT2D eigenvalue weighted by atomic mass is 9.98. The molecule has 18 heavy (non-hydrogen) atoms. The Bertz CT molecular complexity index is 437. The van der Waals surface area contributed by atoms with Gasteiger partial charge < -0.3 is 20.3 Å². The molecular weight excluding hydrogens is 298 g/mol. The summed E-state index contributed by atoms with van der Waals surface area (Å²) >= 11 is 3.47. The van der Waals surface area contributed by atoms with Gasteiger partial charge in [-0.3, -0.25) is 0 Å². The number of hydrogen-bond donors (Lipinski definition) is 2. The molecule has 1 aliphatic rings. The van der Waals surface area contributed by atoms with Gasteiger partial charge in [0.2, 0.25) is 0 Å². The maximum atomic E-state index is 10.00. The maximum Gasteiger partial charge on any atom is 0.175 e. The summed E-state index contributed by atoms with van der Waals surface area (Å²) in [5, 5.41) is 10.00. The number of aliphatic hydroxyl groups is 1. The molecule has 0 aliphatic carbocycles. The minimum Gasteiger partial charge on any atom is -0.489 e. The van der Waals surface area contributed by atoms with Crippen LogP contribution in [0.4, 0.5) is 0 Å². The van der Waals surface area contributed by atoms with Gasteiger partial charge in [-0.05, 0) is 34.0 Å². The highest BCUT2D eigenvalue weighted by molar-refractivity contribution is 9.10. The van der Waals surface area contributed by atoms with Gasteiger partial charge in [0.25, 0.3) is 0 Å². The SMILES string of the molecule is CCc1c(C(O)CN)cc(Br)c2c1OCCCO2. The number of halogens is 1. The molecular formula is C13H18BrNO3. The van der Waals surface area contributed by atoms with Crippen molar-refractivity contribution in [2.75, 3.05) is 19.8 Å². The van der Waals surface area contributed by atoms with E-state index < -0.39 is 6.10 Å². The molecule has 1 atom stereocenters. The third-order valence-electron chi connectivity index (χ3n) is 3.05. The van der Waals surface area contributed by atoms with Crippen molar-refractivity contribution in [2.45, 2.75) is 25.9 Å². The fraction of sp³-hybridized carbons (Fsp3) is 0.538. The molecule has 0 saturated heterocycles. The van der Waals surface area contributed by atoms with Crippen LogP contribution in [-0.2, 0) is 6.42 Å². The normalized spacial score (nSPS) is 16.2. The standard InChI is InChI=1S/C13H18BrNO3/c1-2-8-9(11(16)7-15)6-10(14)13-12(8)17-4-3-5-18-13/h6,11,16H,2-5,7,15H2,1H3. The van der Waals surface area contributed by atoms with Gasteiger partial charge in [0, 0.05) is 18.5 Å². The first-order chi connectivity index (χ1) is 8.69. The van der Waals surface area contributed by atoms with Gasteiger partial charge >= 0.3 is 0 Å². The van der Waals surface area contributed by atoms with Crippen LogP contribution >= 0.6 is 15.9 Å². The second kappa shape index (κ2) is 5.91. The van der Waals surface area contributed by atoms with Crippen LogP contribution in [-0.4, -0.2) is 24.9 Å². The zero-order valence-corrected chi connectivity index (χ0v) is 12.0. The lowest BCUT2D eigenvalue weighted by molar-refractivity contribution is 0.184. The number of fused-ring (bicyclic) bond motifs is 1. The number of ether oxygens (including phenoxy) is 2. The number of benzene rings is 1. The summed E-state index contributed by atoms with van der Waals surface area (Å²) in [5.41, 5.74) is 7.34. The Morgan fingerprint density at radius 1 is 1.39 bits per heavy atom. The van der Waals surface area contributed by atoms with Crippen molar-refractivity contribution in [2.24, 2.45) is 5.73 Å². The van der Waals surface area contributed by atoms with E-state index in [4.69, 9.17) is 15.2 Å². The minimum atomic E-state index is -0.673. The summed E-state index contributed by atoms with van der Waals surface area (Å²) in [5.74, 6) is 1.48. The third-order valence-corrected chi connectivity index (χ3v) is 3.63. The first kappa shape index (κ1) is 13.6. The molecule has 0 saturated carbocycles. The molecule has 0 radical (unpaired) electrons. The molecule has 0 amide bonds. The fourth-order valence-corrected chi connectivity index (χ4v) is 2.69. The van der Waals surface area contributed by atoms with Crippen molar-refractivity contribution in [3.8, 4) is 11.5 Å². The first-order valence-corrected chi connectivity index (χ1v) is 6.97. The first-order valence-electron chi connectivity index (χ1n) is 6.18. The summed E-state index contributed by atoms with van der Waals surface area (Å²) in [6.07, 6.45) is 0.957. The van der Waals surface area contributed by atoms with Crippen LogP contribution in [0.2, 0.25) is 0 Å². The molecule has 1 aromatic carbocycles. The van der Waals surface area contributed by atoms with E-state index in [-0.39, 0.29) is 6.54 Å². The second-order valence-electron chi connectivity index (χ2n) is 4.24. The van der Waals surface area contributed by atoms with E-state index in [0.29, 0.717) is 13.2 Å². The Labute approximate surface area is 115 Å². The smallest absolute Gasteiger partial charge is 0.175 e. The maximum absolute atomic E-state index is 10.00. The average Bonchev–Trinajstić information content (AvgIpc) is 2.63. The summed E-state index contributed by atoms with van der Waals surface area (Å²) in [7, 11) is 0. The molecule has 4 nitrogen and oxygen atoms in total. The fourth-order valence-electron chi connectivity index (χ4n) is 2.15. The van der Waals surface area contributed by atoms with Crippen molar-refractivity contribution in [3.63, 3.8) is 0 Å². The van der Waals surface area contributed by atoms with Crippen molar-refractivity contribution in [1.82, 2.24) is 0 Å². The molecule has 100 valence electrons. The van der Waals surface area contributed by atoms with E-state index >= 15 is 0 Å². The zero-order valence-electron chi connectivity index (χ0n) is 10.4. The average molecular weight is 316 g/mol. The Morgan fingerprint density at radius 2 is 2.06 bits per heavy atom. The van der Waals surface area contributed by atoms with E-state index in [1.54, 1.807) is 0 Å². The number of aliphatic hydroxyl groups excluding tert-OH is 1. The topological polar surface area (TPSA) is 64.7 Å². The van der Waals surface area contributed by atoms with Crippen molar-refractivity contribution in [1.29, 1.82) is 0 Å². The molecule has 1 unspecified atom stereocenters. The molecule has 5 heteroatoms. The Hall–Kier alpha value is -0.780. The Balaban J connectivity index is 2.57. The predicted molar refractivity (Wildman–Crippen MR) is 73.1 cm³/mol. The van der Waals surface area contributed by atoms with Crippen molar-refractivity contribution < 1.29 is 14.6 Å². The van der Waals surface area contributed by atoms with Gasteiger partial charge in [-0.2, -0.15) is 0 Å². The van der Waals surface area contributed by atoms with E-state index in [2.05, 4.69) is 15.9 Å². The van der Waals surface area contributed by atoms with Crippen LogP contribution in [0.15, 0.2) is 10.5 Å². The summed E-state index contributed by atoms with van der Waals surface area (Å²) in [4.78, 5) is 0. The molecule has 0 bridgehead atoms. The van der Waals surface area contributed by atoms with Crippen molar-refractivity contribution in [3.05, 3.63) is 21.7 Å². The van der Waals surface area contributed by atoms with Crippen LogP contribution < -0.4 is 15.2 Å². The van der Waals surface area contributed by atoms with Gasteiger partial charge in [0.05, 0.1) is 23.8 Å². The van der Waals surface area contributed by atoms with Gasteiger partial charge in [-0.1, -0.05) is 6.92 Å². The molecule has 1 aliphatic heterocycles. The van der Waals surface area contributed by atoms with Gasteiger partial charge in [0.1, 0.15) is 0 Å². The monoisotopic (exact) mass is 315 g/mol. The zero-order chi connectivity index (χ0) is 13.1. The van der Waals surface area contributed by atoms with Gasteiger partial charge in [0.15, 0.2) is 11.5 Å².